The van der Waals surface area contributed by atoms with Gasteiger partial charge in [0, 0.05) is 18.4 Å². The van der Waals surface area contributed by atoms with Crippen molar-refractivity contribution in [1.82, 2.24) is 0 Å². The number of carbonyl (C=O) groups excluding carboxylic acids is 4. The number of hydrogen-bond donors (Lipinski definition) is 1. The number of nitrogens with two attached hydrogens (primary N) is 1. The van der Waals surface area contributed by atoms with Crippen LogP contribution >= 0.6 is 0 Å². The molecule has 0 bridgehead atoms. The average molecular weight is 352 g/mol. The third-order valence-corrected chi connectivity index (χ3v) is 3.98. The topological polar surface area (TPSA) is 107 Å². The number of carbonyl (C=O) groups is 4. The van der Waals surface area contributed by atoms with Gasteiger partial charge in [-0.1, -0.05) is 36.4 Å². The molecule has 132 valence electrons. The Labute approximate surface area is 149 Å². The van der Waals surface area contributed by atoms with E-state index in [0.29, 0.717) is 11.3 Å². The minimum atomic E-state index is -1.23. The van der Waals surface area contributed by atoms with Gasteiger partial charge in [-0.15, -0.1) is 0 Å². The standard InChI is InChI=1S/C19H16N2O5/c20-18(24)17(12-5-2-1-3-6-12)26-19(25)13-7-4-8-14(11-13)21-15(22)9-10-16(21)23/h1-8,11,17H,9-10H2,(H2,20,24)/t17-/m0/s1. The molecule has 1 fully saturated rings. The second kappa shape index (κ2) is 7.18. The molecule has 1 atom stereocenters. The van der Waals surface area contributed by atoms with Crippen LogP contribution in [0.1, 0.15) is 34.9 Å². The van der Waals surface area contributed by atoms with Gasteiger partial charge in [0.2, 0.25) is 17.9 Å². The Morgan fingerprint density at radius 3 is 2.23 bits per heavy atom. The molecule has 0 aliphatic carbocycles. The van der Waals surface area contributed by atoms with Crippen LogP contribution in [0.15, 0.2) is 54.6 Å². The van der Waals surface area contributed by atoms with Crippen molar-refractivity contribution in [2.24, 2.45) is 5.73 Å². The second-order valence-corrected chi connectivity index (χ2v) is 5.77. The fourth-order valence-corrected chi connectivity index (χ4v) is 2.73. The summed E-state index contributed by atoms with van der Waals surface area (Å²) in [5.41, 5.74) is 6.20. The lowest BCUT2D eigenvalue weighted by molar-refractivity contribution is -0.127. The third-order valence-electron chi connectivity index (χ3n) is 3.98. The molecule has 7 nitrogen and oxygen atoms in total. The van der Waals surface area contributed by atoms with Crippen LogP contribution in [0.4, 0.5) is 5.69 Å². The first kappa shape index (κ1) is 17.3. The normalized spacial score (nSPS) is 15.0. The summed E-state index contributed by atoms with van der Waals surface area (Å²) in [6, 6.07) is 14.4. The highest BCUT2D eigenvalue weighted by Gasteiger charge is 2.31. The molecule has 0 spiro atoms. The number of anilines is 1. The Hall–Kier alpha value is -3.48. The van der Waals surface area contributed by atoms with E-state index in [1.165, 1.54) is 18.2 Å². The van der Waals surface area contributed by atoms with Gasteiger partial charge in [0.25, 0.3) is 5.91 Å². The van der Waals surface area contributed by atoms with E-state index in [1.807, 2.05) is 0 Å². The summed E-state index contributed by atoms with van der Waals surface area (Å²) < 4.78 is 5.25. The first-order valence-corrected chi connectivity index (χ1v) is 7.98. The zero-order valence-electron chi connectivity index (χ0n) is 13.8. The summed E-state index contributed by atoms with van der Waals surface area (Å²) in [4.78, 5) is 48.9. The van der Waals surface area contributed by atoms with Crippen LogP contribution in [-0.2, 0) is 19.1 Å². The predicted molar refractivity (Wildman–Crippen MR) is 92.0 cm³/mol. The number of benzene rings is 2. The fraction of sp³-hybridized carbons (Fsp3) is 0.158. The third kappa shape index (κ3) is 3.46. The number of nitrogens with zero attached hydrogens (tertiary/aromatic N) is 1. The van der Waals surface area contributed by atoms with E-state index >= 15 is 0 Å². The second-order valence-electron chi connectivity index (χ2n) is 5.77. The smallest absolute Gasteiger partial charge is 0.339 e. The first-order valence-electron chi connectivity index (χ1n) is 7.98. The molecule has 0 saturated carbocycles. The van der Waals surface area contributed by atoms with Gasteiger partial charge >= 0.3 is 5.97 Å². The summed E-state index contributed by atoms with van der Waals surface area (Å²) in [6.07, 6.45) is -0.946. The number of rotatable bonds is 5. The lowest BCUT2D eigenvalue weighted by Crippen LogP contribution is -2.29. The Balaban J connectivity index is 1.84. The van der Waals surface area contributed by atoms with E-state index in [1.54, 1.807) is 36.4 Å². The minimum absolute atomic E-state index is 0.109. The van der Waals surface area contributed by atoms with Crippen molar-refractivity contribution in [2.75, 3.05) is 4.90 Å². The van der Waals surface area contributed by atoms with Crippen molar-refractivity contribution < 1.29 is 23.9 Å². The molecule has 3 rings (SSSR count). The van der Waals surface area contributed by atoms with E-state index < -0.39 is 18.0 Å². The Bertz CT molecular complexity index is 863. The van der Waals surface area contributed by atoms with Crippen LogP contribution in [0.5, 0.6) is 0 Å². The Morgan fingerprint density at radius 2 is 1.62 bits per heavy atom. The number of primary amides is 1. The zero-order valence-corrected chi connectivity index (χ0v) is 13.8. The van der Waals surface area contributed by atoms with E-state index in [9.17, 15) is 19.2 Å². The van der Waals surface area contributed by atoms with Crippen LogP contribution in [0, 0.1) is 0 Å². The highest BCUT2D eigenvalue weighted by molar-refractivity contribution is 6.20. The van der Waals surface area contributed by atoms with E-state index in [-0.39, 0.29) is 30.2 Å². The van der Waals surface area contributed by atoms with Gasteiger partial charge in [0.15, 0.2) is 0 Å². The molecular formula is C19H16N2O5. The van der Waals surface area contributed by atoms with E-state index in [2.05, 4.69) is 0 Å². The maximum Gasteiger partial charge on any atom is 0.339 e. The van der Waals surface area contributed by atoms with Crippen molar-refractivity contribution in [3.05, 3.63) is 65.7 Å². The number of amides is 3. The monoisotopic (exact) mass is 352 g/mol. The van der Waals surface area contributed by atoms with Crippen molar-refractivity contribution in [3.8, 4) is 0 Å². The largest absolute Gasteiger partial charge is 0.444 e. The van der Waals surface area contributed by atoms with E-state index in [0.717, 1.165) is 4.90 Å². The molecule has 1 aliphatic heterocycles. The maximum atomic E-state index is 12.4. The van der Waals surface area contributed by atoms with Gasteiger partial charge in [0.05, 0.1) is 11.3 Å². The highest BCUT2D eigenvalue weighted by Crippen LogP contribution is 2.25. The van der Waals surface area contributed by atoms with Crippen LogP contribution in [0.2, 0.25) is 0 Å². The zero-order chi connectivity index (χ0) is 18.7. The molecule has 26 heavy (non-hydrogen) atoms. The number of esters is 1. The van der Waals surface area contributed by atoms with Gasteiger partial charge in [0.1, 0.15) is 0 Å². The molecule has 3 amide bonds. The Morgan fingerprint density at radius 1 is 0.962 bits per heavy atom. The first-order chi connectivity index (χ1) is 12.5. The van der Waals surface area contributed by atoms with Crippen molar-refractivity contribution in [3.63, 3.8) is 0 Å². The van der Waals surface area contributed by atoms with Gasteiger partial charge in [-0.2, -0.15) is 0 Å². The number of hydrogen-bond acceptors (Lipinski definition) is 5. The summed E-state index contributed by atoms with van der Waals surface area (Å²) in [7, 11) is 0. The lowest BCUT2D eigenvalue weighted by atomic mass is 10.1. The molecule has 0 aromatic heterocycles. The number of ether oxygens (including phenoxy) is 1. The molecule has 0 radical (unpaired) electrons. The quantitative estimate of drug-likeness (QED) is 0.651. The van der Waals surface area contributed by atoms with Gasteiger partial charge in [-0.05, 0) is 18.2 Å². The van der Waals surface area contributed by atoms with Crippen molar-refractivity contribution in [2.45, 2.75) is 18.9 Å². The summed E-state index contributed by atoms with van der Waals surface area (Å²) in [5.74, 6) is -2.22. The van der Waals surface area contributed by atoms with Gasteiger partial charge < -0.3 is 10.5 Å². The van der Waals surface area contributed by atoms with Crippen LogP contribution in [0.25, 0.3) is 0 Å². The predicted octanol–water partition coefficient (Wildman–Crippen LogP) is 1.72. The SMILES string of the molecule is NC(=O)[C@@H](OC(=O)c1cccc(N2C(=O)CCC2=O)c1)c1ccccc1. The average Bonchev–Trinajstić information content (AvgIpc) is 2.98. The van der Waals surface area contributed by atoms with Gasteiger partial charge in [-0.3, -0.25) is 19.3 Å². The van der Waals surface area contributed by atoms with Crippen molar-refractivity contribution in [1.29, 1.82) is 0 Å². The maximum absolute atomic E-state index is 12.4. The molecule has 7 heteroatoms. The van der Waals surface area contributed by atoms with Crippen molar-refractivity contribution >= 4 is 29.4 Å². The molecule has 0 unspecified atom stereocenters. The summed E-state index contributed by atoms with van der Waals surface area (Å²) in [5, 5.41) is 0. The Kier molecular flexibility index (Phi) is 4.79. The van der Waals surface area contributed by atoms with Gasteiger partial charge in [-0.25, -0.2) is 4.79 Å². The molecular weight excluding hydrogens is 336 g/mol. The van der Waals surface area contributed by atoms with Crippen LogP contribution in [-0.4, -0.2) is 23.7 Å². The summed E-state index contributed by atoms with van der Waals surface area (Å²) in [6.45, 7) is 0. The minimum Gasteiger partial charge on any atom is -0.444 e. The molecule has 1 heterocycles. The van der Waals surface area contributed by atoms with E-state index in [4.69, 9.17) is 10.5 Å². The van der Waals surface area contributed by atoms with Crippen LogP contribution < -0.4 is 10.6 Å². The summed E-state index contributed by atoms with van der Waals surface area (Å²) >= 11 is 0. The molecule has 2 aromatic carbocycles. The lowest BCUT2D eigenvalue weighted by Gasteiger charge is -2.17. The molecule has 2 N–H and O–H groups in total. The molecule has 1 saturated heterocycles. The molecule has 2 aromatic rings. The fourth-order valence-electron chi connectivity index (χ4n) is 2.73. The van der Waals surface area contributed by atoms with Crippen LogP contribution in [0.3, 0.4) is 0 Å². The molecule has 1 aliphatic rings. The number of imide groups is 1. The highest BCUT2D eigenvalue weighted by atomic mass is 16.5.